The molecule has 1 N–H and O–H groups in total. The molecule has 2 aromatic carbocycles. The van der Waals surface area contributed by atoms with E-state index in [4.69, 9.17) is 0 Å². The van der Waals surface area contributed by atoms with Gasteiger partial charge in [-0.3, -0.25) is 39.4 Å². The summed E-state index contributed by atoms with van der Waals surface area (Å²) in [5, 5.41) is 34.6. The van der Waals surface area contributed by atoms with Crippen LogP contribution in [0.1, 0.15) is 24.3 Å². The Balaban J connectivity index is 1.50. The minimum Gasteiger partial charge on any atom is -0.505 e. The van der Waals surface area contributed by atoms with Gasteiger partial charge in [0.15, 0.2) is 28.8 Å². The summed E-state index contributed by atoms with van der Waals surface area (Å²) in [5.41, 5.74) is -1.52. The number of carbonyl (C=O) groups excluding carboxylic acids is 4. The number of amides is 2. The fourth-order valence-electron chi connectivity index (χ4n) is 7.04. The van der Waals surface area contributed by atoms with E-state index in [0.29, 0.717) is 10.5 Å². The van der Waals surface area contributed by atoms with Gasteiger partial charge in [0.2, 0.25) is 11.8 Å². The zero-order chi connectivity index (χ0) is 32.6. The van der Waals surface area contributed by atoms with Gasteiger partial charge in [-0.2, -0.15) is 0 Å². The van der Waals surface area contributed by atoms with Crippen LogP contribution in [0.15, 0.2) is 63.7 Å². The Hall–Kier alpha value is -5.05. The van der Waals surface area contributed by atoms with Crippen molar-refractivity contribution in [2.24, 2.45) is 17.8 Å². The van der Waals surface area contributed by atoms with E-state index in [-0.39, 0.29) is 45.4 Å². The van der Waals surface area contributed by atoms with Crippen molar-refractivity contribution in [2.75, 3.05) is 23.9 Å². The number of rotatable bonds is 5. The predicted octanol–water partition coefficient (Wildman–Crippen LogP) is 4.38. The third-order valence-electron chi connectivity index (χ3n) is 8.81. The molecule has 3 aliphatic carbocycles. The number of phenols is 1. The minimum absolute atomic E-state index is 0.00336. The zero-order valence-electron chi connectivity index (χ0n) is 23.5. The number of hydrogen-bond donors (Lipinski definition) is 1. The molecule has 6 rings (SSSR count). The van der Waals surface area contributed by atoms with Gasteiger partial charge in [0.05, 0.1) is 31.9 Å². The number of hydrogen-bond acceptors (Lipinski definition) is 10. The standard InChI is InChI=1S/C30H22BrFN4O9/c1-33(2)26-20(35(42)43)8-12(9-21(26)36(44)45)34-29(40)15-7-6-13-16(24(15)30(34)41)10-17-25(22(37)11-18(31)27(17)38)23(13)14-4-3-5-19(32)28(14)39/h3-6,8-9,11,15-16,23-24,39H,7,10H2,1-2H3. The van der Waals surface area contributed by atoms with Crippen LogP contribution in [-0.4, -0.2) is 52.4 Å². The molecule has 1 saturated heterocycles. The SMILES string of the molecule is CN(C)c1c([N+](=O)[O-])cc(N2C(=O)C3CC=C4C(c5cccc(F)c5O)C5=C(CC4C3C2=O)C(=O)C(Br)=CC5=O)cc1[N+](=O)[O-]. The van der Waals surface area contributed by atoms with Gasteiger partial charge in [-0.05, 0) is 40.8 Å². The number of carbonyl (C=O) groups is 4. The van der Waals surface area contributed by atoms with Crippen LogP contribution in [0.3, 0.4) is 0 Å². The largest absolute Gasteiger partial charge is 0.505 e. The third kappa shape index (κ3) is 4.40. The molecule has 1 fully saturated rings. The summed E-state index contributed by atoms with van der Waals surface area (Å²) in [7, 11) is 2.76. The second-order valence-corrected chi connectivity index (χ2v) is 12.2. The van der Waals surface area contributed by atoms with Crippen molar-refractivity contribution < 1.29 is 38.5 Å². The fourth-order valence-corrected chi connectivity index (χ4v) is 7.48. The number of benzene rings is 2. The molecular weight excluding hydrogens is 659 g/mol. The summed E-state index contributed by atoms with van der Waals surface area (Å²) < 4.78 is 14.6. The molecule has 1 aliphatic heterocycles. The molecule has 230 valence electrons. The van der Waals surface area contributed by atoms with E-state index in [9.17, 15) is 48.9 Å². The normalized spacial score (nSPS) is 24.1. The Morgan fingerprint density at radius 1 is 1.02 bits per heavy atom. The molecule has 0 saturated carbocycles. The molecule has 0 radical (unpaired) electrons. The van der Waals surface area contributed by atoms with Crippen LogP contribution in [0.2, 0.25) is 0 Å². The maximum absolute atomic E-state index is 14.6. The first-order valence-electron chi connectivity index (χ1n) is 13.6. The first-order chi connectivity index (χ1) is 21.2. The number of phenolic OH excluding ortho intramolecular Hbond substituents is 1. The van der Waals surface area contributed by atoms with Gasteiger partial charge in [-0.15, -0.1) is 0 Å². The van der Waals surface area contributed by atoms with Gasteiger partial charge in [0.1, 0.15) is 0 Å². The summed E-state index contributed by atoms with van der Waals surface area (Å²) in [6, 6.07) is 5.65. The molecular formula is C30H22BrFN4O9. The highest BCUT2D eigenvalue weighted by Gasteiger charge is 2.57. The lowest BCUT2D eigenvalue weighted by Gasteiger charge is -2.42. The summed E-state index contributed by atoms with van der Waals surface area (Å²) in [5.74, 6) is -8.38. The molecule has 13 nitrogen and oxygen atoms in total. The molecule has 2 aromatic rings. The van der Waals surface area contributed by atoms with Gasteiger partial charge in [0.25, 0.3) is 0 Å². The highest BCUT2D eigenvalue weighted by atomic mass is 79.9. The molecule has 4 atom stereocenters. The third-order valence-corrected chi connectivity index (χ3v) is 9.40. The molecule has 0 spiro atoms. The summed E-state index contributed by atoms with van der Waals surface area (Å²) in [6.07, 6.45) is 2.59. The van der Waals surface area contributed by atoms with Crippen molar-refractivity contribution in [1.82, 2.24) is 0 Å². The second kappa shape index (κ2) is 10.5. The molecule has 2 amide bonds. The highest BCUT2D eigenvalue weighted by Crippen LogP contribution is 2.57. The number of anilines is 2. The summed E-state index contributed by atoms with van der Waals surface area (Å²) >= 11 is 3.11. The van der Waals surface area contributed by atoms with Crippen LogP contribution in [-0.2, 0) is 19.2 Å². The second-order valence-electron chi connectivity index (χ2n) is 11.3. The monoisotopic (exact) mass is 680 g/mol. The van der Waals surface area contributed by atoms with Crippen LogP contribution in [0.25, 0.3) is 0 Å². The number of imide groups is 1. The number of nitro groups is 2. The number of para-hydroxylation sites is 1. The Bertz CT molecular complexity index is 1860. The number of Topliss-reactive ketones (excluding diaryl/α,β-unsaturated/α-hetero) is 1. The molecule has 0 bridgehead atoms. The van der Waals surface area contributed by atoms with E-state index >= 15 is 0 Å². The molecule has 15 heteroatoms. The Labute approximate surface area is 261 Å². The van der Waals surface area contributed by atoms with Gasteiger partial charge in [-0.25, -0.2) is 9.29 Å². The van der Waals surface area contributed by atoms with Crippen LogP contribution >= 0.6 is 15.9 Å². The number of halogens is 2. The number of ketones is 2. The van der Waals surface area contributed by atoms with Crippen molar-refractivity contribution in [2.45, 2.75) is 18.8 Å². The van der Waals surface area contributed by atoms with Crippen LogP contribution in [0.5, 0.6) is 5.75 Å². The molecule has 4 unspecified atom stereocenters. The smallest absolute Gasteiger partial charge is 0.301 e. The first-order valence-corrected chi connectivity index (χ1v) is 14.4. The number of allylic oxidation sites excluding steroid dienone is 6. The molecule has 0 aromatic heterocycles. The number of fused-ring (bicyclic) bond motifs is 3. The van der Waals surface area contributed by atoms with E-state index in [1.165, 1.54) is 31.1 Å². The lowest BCUT2D eigenvalue weighted by molar-refractivity contribution is -0.392. The van der Waals surface area contributed by atoms with Crippen LogP contribution < -0.4 is 9.80 Å². The average Bonchev–Trinajstić information content (AvgIpc) is 3.24. The zero-order valence-corrected chi connectivity index (χ0v) is 25.1. The lowest BCUT2D eigenvalue weighted by Crippen LogP contribution is -2.39. The van der Waals surface area contributed by atoms with Gasteiger partial charge in [0, 0.05) is 54.9 Å². The van der Waals surface area contributed by atoms with E-state index in [0.717, 1.165) is 24.3 Å². The van der Waals surface area contributed by atoms with E-state index in [1.807, 2.05) is 0 Å². The molecule has 45 heavy (non-hydrogen) atoms. The number of aromatic hydroxyl groups is 1. The lowest BCUT2D eigenvalue weighted by atomic mass is 9.59. The minimum atomic E-state index is -1.12. The van der Waals surface area contributed by atoms with E-state index in [1.54, 1.807) is 6.08 Å². The van der Waals surface area contributed by atoms with E-state index in [2.05, 4.69) is 15.9 Å². The van der Waals surface area contributed by atoms with Crippen molar-refractivity contribution in [3.8, 4) is 5.75 Å². The summed E-state index contributed by atoms with van der Waals surface area (Å²) in [6.45, 7) is 0. The van der Waals surface area contributed by atoms with Gasteiger partial charge in [-0.1, -0.05) is 23.8 Å². The maximum atomic E-state index is 14.6. The van der Waals surface area contributed by atoms with Gasteiger partial charge >= 0.3 is 11.4 Å². The van der Waals surface area contributed by atoms with Crippen molar-refractivity contribution >= 4 is 62.1 Å². The van der Waals surface area contributed by atoms with Crippen molar-refractivity contribution in [1.29, 1.82) is 0 Å². The fraction of sp³-hybridized carbons (Fsp3) is 0.267. The average molecular weight is 681 g/mol. The van der Waals surface area contributed by atoms with Crippen LogP contribution in [0.4, 0.5) is 27.1 Å². The Morgan fingerprint density at radius 3 is 2.27 bits per heavy atom. The molecule has 1 heterocycles. The molecule has 4 aliphatic rings. The Kier molecular flexibility index (Phi) is 7.03. The number of nitrogens with zero attached hydrogens (tertiary/aromatic N) is 4. The summed E-state index contributed by atoms with van der Waals surface area (Å²) in [4.78, 5) is 78.7. The maximum Gasteiger partial charge on any atom is 0.301 e. The Morgan fingerprint density at radius 2 is 1.67 bits per heavy atom. The topological polar surface area (TPSA) is 181 Å². The van der Waals surface area contributed by atoms with Gasteiger partial charge < -0.3 is 10.0 Å². The van der Waals surface area contributed by atoms with Crippen LogP contribution in [0, 0.1) is 43.8 Å². The number of nitro benzene ring substituents is 2. The van der Waals surface area contributed by atoms with Crippen molar-refractivity contribution in [3.05, 3.63) is 95.3 Å². The highest BCUT2D eigenvalue weighted by molar-refractivity contribution is 9.12. The van der Waals surface area contributed by atoms with Crippen molar-refractivity contribution in [3.63, 3.8) is 0 Å². The predicted molar refractivity (Wildman–Crippen MR) is 159 cm³/mol. The van der Waals surface area contributed by atoms with E-state index < -0.39 is 79.8 Å². The first kappa shape index (κ1) is 30.0. The quantitative estimate of drug-likeness (QED) is 0.156.